The molecule has 0 aromatic heterocycles. The molecule has 4 heteroatoms. The molecule has 1 rings (SSSR count). The predicted octanol–water partition coefficient (Wildman–Crippen LogP) is 3.49. The summed E-state index contributed by atoms with van der Waals surface area (Å²) in [5.41, 5.74) is 1.65. The molecule has 0 aliphatic heterocycles. The van der Waals surface area contributed by atoms with E-state index in [0.717, 1.165) is 41.3 Å². The third-order valence-corrected chi connectivity index (χ3v) is 3.88. The molecular formula is C15H22N2OS. The topological polar surface area (TPSA) is 56.0 Å². The Kier molecular flexibility index (Phi) is 7.39. The van der Waals surface area contributed by atoms with Crippen molar-refractivity contribution in [1.29, 1.82) is 5.26 Å². The van der Waals surface area contributed by atoms with Gasteiger partial charge in [-0.3, -0.25) is 0 Å². The number of aliphatic hydroxyl groups is 1. The number of rotatable bonds is 8. The second kappa shape index (κ2) is 8.84. The van der Waals surface area contributed by atoms with Gasteiger partial charge in [-0.25, -0.2) is 0 Å². The van der Waals surface area contributed by atoms with Crippen LogP contribution in [0.2, 0.25) is 0 Å². The Morgan fingerprint density at radius 3 is 2.89 bits per heavy atom. The summed E-state index contributed by atoms with van der Waals surface area (Å²) in [4.78, 5) is 1.04. The molecule has 0 radical (unpaired) electrons. The van der Waals surface area contributed by atoms with Crippen molar-refractivity contribution in [3.05, 3.63) is 23.8 Å². The van der Waals surface area contributed by atoms with Crippen molar-refractivity contribution in [2.24, 2.45) is 5.92 Å². The summed E-state index contributed by atoms with van der Waals surface area (Å²) in [5.74, 6) is 1.31. The lowest BCUT2D eigenvalue weighted by Gasteiger charge is -2.12. The number of hydrogen-bond donors (Lipinski definition) is 2. The van der Waals surface area contributed by atoms with Gasteiger partial charge < -0.3 is 10.4 Å². The van der Waals surface area contributed by atoms with Gasteiger partial charge >= 0.3 is 0 Å². The van der Waals surface area contributed by atoms with Crippen LogP contribution in [0.3, 0.4) is 0 Å². The first kappa shape index (κ1) is 15.9. The Hall–Kier alpha value is -1.18. The molecule has 0 spiro atoms. The molecule has 3 nitrogen and oxygen atoms in total. The summed E-state index contributed by atoms with van der Waals surface area (Å²) in [6, 6.07) is 8.21. The number of nitrogens with zero attached hydrogens (tertiary/aromatic N) is 1. The lowest BCUT2D eigenvalue weighted by Crippen LogP contribution is -2.07. The summed E-state index contributed by atoms with van der Waals surface area (Å²) in [7, 11) is 0. The number of nitrogens with one attached hydrogen (secondary N) is 1. The van der Waals surface area contributed by atoms with Crippen molar-refractivity contribution in [3.8, 4) is 6.07 Å². The summed E-state index contributed by atoms with van der Waals surface area (Å²) >= 11 is 1.69. The van der Waals surface area contributed by atoms with Crippen molar-refractivity contribution < 1.29 is 5.11 Å². The molecule has 0 aliphatic rings. The fourth-order valence-electron chi connectivity index (χ4n) is 1.83. The van der Waals surface area contributed by atoms with E-state index in [1.807, 2.05) is 25.1 Å². The van der Waals surface area contributed by atoms with Crippen molar-refractivity contribution in [2.45, 2.75) is 31.6 Å². The van der Waals surface area contributed by atoms with Gasteiger partial charge in [0.1, 0.15) is 6.07 Å². The van der Waals surface area contributed by atoms with Crippen LogP contribution < -0.4 is 5.32 Å². The van der Waals surface area contributed by atoms with E-state index >= 15 is 0 Å². The van der Waals surface area contributed by atoms with Crippen molar-refractivity contribution >= 4 is 17.4 Å². The van der Waals surface area contributed by atoms with Crippen LogP contribution in [-0.2, 0) is 0 Å². The fourth-order valence-corrected chi connectivity index (χ4v) is 2.62. The first-order valence-corrected chi connectivity index (χ1v) is 7.72. The molecular weight excluding hydrogens is 256 g/mol. The molecule has 104 valence electrons. The number of hydrogen-bond acceptors (Lipinski definition) is 4. The maximum absolute atomic E-state index is 9.27. The zero-order chi connectivity index (χ0) is 14.1. The average Bonchev–Trinajstić information content (AvgIpc) is 2.43. The summed E-state index contributed by atoms with van der Waals surface area (Å²) in [6.45, 7) is 5.20. The van der Waals surface area contributed by atoms with Gasteiger partial charge in [-0.15, -0.1) is 11.8 Å². The van der Waals surface area contributed by atoms with Gasteiger partial charge in [0.25, 0.3) is 0 Å². The van der Waals surface area contributed by atoms with Crippen molar-refractivity contribution in [3.63, 3.8) is 0 Å². The minimum absolute atomic E-state index is 0.242. The third kappa shape index (κ3) is 5.14. The highest BCUT2D eigenvalue weighted by Gasteiger charge is 2.07. The number of thioether (sulfide) groups is 1. The Morgan fingerprint density at radius 2 is 2.26 bits per heavy atom. The minimum atomic E-state index is 0.242. The molecule has 19 heavy (non-hydrogen) atoms. The van der Waals surface area contributed by atoms with E-state index in [-0.39, 0.29) is 6.61 Å². The highest BCUT2D eigenvalue weighted by atomic mass is 32.2. The Bertz CT molecular complexity index is 429. The van der Waals surface area contributed by atoms with Crippen molar-refractivity contribution in [1.82, 2.24) is 0 Å². The van der Waals surface area contributed by atoms with Crippen LogP contribution in [0.4, 0.5) is 5.69 Å². The zero-order valence-corrected chi connectivity index (χ0v) is 12.5. The Labute approximate surface area is 120 Å². The SMILES string of the molecule is CCSc1cccc(NCCCC(C)CO)c1C#N. The maximum atomic E-state index is 9.27. The van der Waals surface area contributed by atoms with E-state index < -0.39 is 0 Å². The number of benzene rings is 1. The molecule has 1 atom stereocenters. The van der Waals surface area contributed by atoms with Crippen LogP contribution in [0, 0.1) is 17.2 Å². The normalized spacial score (nSPS) is 11.9. The molecule has 0 heterocycles. The van der Waals surface area contributed by atoms with Gasteiger partial charge in [0.2, 0.25) is 0 Å². The Morgan fingerprint density at radius 1 is 1.47 bits per heavy atom. The standard InChI is InChI=1S/C15H22N2OS/c1-3-19-15-8-4-7-14(13(15)10-16)17-9-5-6-12(2)11-18/h4,7-8,12,17-18H,3,5-6,9,11H2,1-2H3. The highest BCUT2D eigenvalue weighted by Crippen LogP contribution is 2.27. The lowest BCUT2D eigenvalue weighted by atomic mass is 10.1. The maximum Gasteiger partial charge on any atom is 0.102 e. The largest absolute Gasteiger partial charge is 0.396 e. The molecule has 0 saturated heterocycles. The molecule has 1 aromatic rings. The van der Waals surface area contributed by atoms with Gasteiger partial charge in [0.15, 0.2) is 0 Å². The number of anilines is 1. The molecule has 0 bridgehead atoms. The van der Waals surface area contributed by atoms with Gasteiger partial charge in [0.05, 0.1) is 11.3 Å². The first-order valence-electron chi connectivity index (χ1n) is 6.73. The fraction of sp³-hybridized carbons (Fsp3) is 0.533. The van der Waals surface area contributed by atoms with Gasteiger partial charge in [-0.1, -0.05) is 19.9 Å². The monoisotopic (exact) mass is 278 g/mol. The minimum Gasteiger partial charge on any atom is -0.396 e. The molecule has 0 aliphatic carbocycles. The van der Waals surface area contributed by atoms with Gasteiger partial charge in [-0.2, -0.15) is 5.26 Å². The third-order valence-electron chi connectivity index (χ3n) is 2.94. The molecule has 1 unspecified atom stereocenters. The van der Waals surface area contributed by atoms with E-state index in [2.05, 4.69) is 18.3 Å². The van der Waals surface area contributed by atoms with E-state index in [0.29, 0.717) is 5.92 Å². The second-order valence-corrected chi connectivity index (χ2v) is 5.89. The van der Waals surface area contributed by atoms with Gasteiger partial charge in [0, 0.05) is 18.0 Å². The van der Waals surface area contributed by atoms with Crippen LogP contribution in [0.25, 0.3) is 0 Å². The number of aliphatic hydroxyl groups excluding tert-OH is 1. The van der Waals surface area contributed by atoms with Crippen molar-refractivity contribution in [2.75, 3.05) is 24.2 Å². The lowest BCUT2D eigenvalue weighted by molar-refractivity contribution is 0.229. The van der Waals surface area contributed by atoms with Crippen LogP contribution >= 0.6 is 11.8 Å². The Balaban J connectivity index is 2.58. The number of nitriles is 1. The van der Waals surface area contributed by atoms with E-state index in [4.69, 9.17) is 5.11 Å². The second-order valence-electron chi connectivity index (χ2n) is 4.58. The van der Waals surface area contributed by atoms with E-state index in [1.54, 1.807) is 11.8 Å². The molecule has 0 amide bonds. The van der Waals surface area contributed by atoms with Crippen LogP contribution in [-0.4, -0.2) is 24.0 Å². The van der Waals surface area contributed by atoms with E-state index in [9.17, 15) is 5.26 Å². The zero-order valence-electron chi connectivity index (χ0n) is 11.6. The van der Waals surface area contributed by atoms with Crippen LogP contribution in [0.15, 0.2) is 23.1 Å². The molecule has 0 fully saturated rings. The first-order chi connectivity index (χ1) is 9.22. The van der Waals surface area contributed by atoms with Crippen LogP contribution in [0.5, 0.6) is 0 Å². The molecule has 1 aromatic carbocycles. The smallest absolute Gasteiger partial charge is 0.102 e. The summed E-state index contributed by atoms with van der Waals surface area (Å²) in [6.07, 6.45) is 1.99. The predicted molar refractivity (Wildman–Crippen MR) is 81.5 cm³/mol. The summed E-state index contributed by atoms with van der Waals surface area (Å²) in [5, 5.41) is 21.6. The average molecular weight is 278 g/mol. The van der Waals surface area contributed by atoms with Crippen LogP contribution in [0.1, 0.15) is 32.3 Å². The molecule has 2 N–H and O–H groups in total. The molecule has 0 saturated carbocycles. The van der Waals surface area contributed by atoms with Gasteiger partial charge in [-0.05, 0) is 36.6 Å². The highest BCUT2D eigenvalue weighted by molar-refractivity contribution is 7.99. The summed E-state index contributed by atoms with van der Waals surface area (Å²) < 4.78 is 0. The quantitative estimate of drug-likeness (QED) is 0.564. The van der Waals surface area contributed by atoms with E-state index in [1.165, 1.54) is 0 Å².